The molecule has 8 heteroatoms. The van der Waals surface area contributed by atoms with E-state index in [0.717, 1.165) is 23.2 Å². The second-order valence-electron chi connectivity index (χ2n) is 5.93. The van der Waals surface area contributed by atoms with E-state index >= 15 is 0 Å². The number of halogens is 3. The molecule has 0 aromatic heterocycles. The molecular formula is C19H20Cl3N3OS. The van der Waals surface area contributed by atoms with Crippen LogP contribution >= 0.6 is 47.0 Å². The molecule has 2 rings (SSSR count). The number of alkyl halides is 3. The Balaban J connectivity index is 2.10. The van der Waals surface area contributed by atoms with Crippen molar-refractivity contribution in [3.05, 3.63) is 65.2 Å². The van der Waals surface area contributed by atoms with Crippen LogP contribution in [-0.2, 0) is 6.42 Å². The number of aryl methyl sites for hydroxylation is 2. The van der Waals surface area contributed by atoms with E-state index in [1.807, 2.05) is 44.2 Å². The van der Waals surface area contributed by atoms with Crippen LogP contribution in [0.5, 0.6) is 0 Å². The van der Waals surface area contributed by atoms with Crippen LogP contribution in [-0.4, -0.2) is 21.0 Å². The average molecular weight is 445 g/mol. The van der Waals surface area contributed by atoms with Gasteiger partial charge in [-0.05, 0) is 49.3 Å². The summed E-state index contributed by atoms with van der Waals surface area (Å²) in [6.07, 6.45) is -0.187. The van der Waals surface area contributed by atoms with Gasteiger partial charge in [0, 0.05) is 11.3 Å². The van der Waals surface area contributed by atoms with Crippen molar-refractivity contribution in [1.82, 2.24) is 10.6 Å². The number of hydrogen-bond acceptors (Lipinski definition) is 2. The van der Waals surface area contributed by atoms with E-state index in [-0.39, 0.29) is 11.0 Å². The summed E-state index contributed by atoms with van der Waals surface area (Å²) in [7, 11) is 0. The van der Waals surface area contributed by atoms with Crippen molar-refractivity contribution in [3.8, 4) is 0 Å². The molecule has 2 aromatic rings. The Hall–Kier alpha value is -1.53. The highest BCUT2D eigenvalue weighted by molar-refractivity contribution is 7.80. The Kier molecular flexibility index (Phi) is 7.74. The predicted octanol–water partition coefficient (Wildman–Crippen LogP) is 4.97. The molecule has 0 heterocycles. The smallest absolute Gasteiger partial charge is 0.252 e. The Morgan fingerprint density at radius 2 is 1.81 bits per heavy atom. The van der Waals surface area contributed by atoms with Gasteiger partial charge < -0.3 is 16.0 Å². The Bertz CT molecular complexity index is 824. The Morgan fingerprint density at radius 1 is 1.11 bits per heavy atom. The van der Waals surface area contributed by atoms with Crippen molar-refractivity contribution in [1.29, 1.82) is 0 Å². The summed E-state index contributed by atoms with van der Waals surface area (Å²) in [5.41, 5.74) is 3.36. The average Bonchev–Trinajstić information content (AvgIpc) is 2.60. The number of anilines is 1. The minimum absolute atomic E-state index is 0.233. The molecule has 27 heavy (non-hydrogen) atoms. The molecule has 144 valence electrons. The van der Waals surface area contributed by atoms with Crippen molar-refractivity contribution in [2.45, 2.75) is 30.2 Å². The summed E-state index contributed by atoms with van der Waals surface area (Å²) < 4.78 is -1.81. The summed E-state index contributed by atoms with van der Waals surface area (Å²) in [5.74, 6) is -0.376. The number of para-hydroxylation sites is 1. The van der Waals surface area contributed by atoms with Gasteiger partial charge in [-0.3, -0.25) is 4.79 Å². The second-order valence-corrected chi connectivity index (χ2v) is 8.70. The van der Waals surface area contributed by atoms with E-state index in [2.05, 4.69) is 16.0 Å². The first-order chi connectivity index (χ1) is 12.7. The lowest BCUT2D eigenvalue weighted by Crippen LogP contribution is -2.56. The lowest BCUT2D eigenvalue weighted by atomic mass is 10.1. The lowest BCUT2D eigenvalue weighted by molar-refractivity contribution is 0.0934. The minimum atomic E-state index is -1.81. The van der Waals surface area contributed by atoms with E-state index in [1.165, 1.54) is 0 Å². The van der Waals surface area contributed by atoms with E-state index < -0.39 is 9.96 Å². The Labute approximate surface area is 179 Å². The van der Waals surface area contributed by atoms with Gasteiger partial charge in [-0.2, -0.15) is 0 Å². The van der Waals surface area contributed by atoms with Gasteiger partial charge in [-0.1, -0.05) is 77.6 Å². The van der Waals surface area contributed by atoms with E-state index in [9.17, 15) is 4.79 Å². The maximum Gasteiger partial charge on any atom is 0.252 e. The zero-order chi connectivity index (χ0) is 20.0. The molecule has 0 bridgehead atoms. The number of amides is 1. The largest absolute Gasteiger partial charge is 0.339 e. The molecule has 0 fully saturated rings. The Morgan fingerprint density at radius 3 is 2.44 bits per heavy atom. The summed E-state index contributed by atoms with van der Waals surface area (Å²) in [6, 6.07) is 14.9. The van der Waals surface area contributed by atoms with Crippen LogP contribution in [0.1, 0.15) is 28.4 Å². The van der Waals surface area contributed by atoms with Crippen molar-refractivity contribution >= 4 is 63.7 Å². The van der Waals surface area contributed by atoms with Crippen molar-refractivity contribution in [2.24, 2.45) is 0 Å². The van der Waals surface area contributed by atoms with Crippen LogP contribution in [0.2, 0.25) is 0 Å². The fraction of sp³-hybridized carbons (Fsp3) is 0.263. The first-order valence-electron chi connectivity index (χ1n) is 8.30. The molecule has 0 aliphatic rings. The van der Waals surface area contributed by atoms with E-state index in [4.69, 9.17) is 47.0 Å². The fourth-order valence-electron chi connectivity index (χ4n) is 2.44. The first kappa shape index (κ1) is 21.8. The van der Waals surface area contributed by atoms with Gasteiger partial charge in [0.1, 0.15) is 6.17 Å². The van der Waals surface area contributed by atoms with Crippen molar-refractivity contribution in [2.75, 3.05) is 5.32 Å². The van der Waals surface area contributed by atoms with Gasteiger partial charge in [0.05, 0.1) is 0 Å². The fourth-order valence-corrected chi connectivity index (χ4v) is 3.00. The number of rotatable bonds is 5. The van der Waals surface area contributed by atoms with Gasteiger partial charge in [-0.25, -0.2) is 0 Å². The molecule has 3 N–H and O–H groups in total. The van der Waals surface area contributed by atoms with E-state index in [1.54, 1.807) is 18.2 Å². The third-order valence-electron chi connectivity index (χ3n) is 3.80. The molecule has 1 amide bonds. The van der Waals surface area contributed by atoms with Gasteiger partial charge >= 0.3 is 0 Å². The molecule has 2 aromatic carbocycles. The predicted molar refractivity (Wildman–Crippen MR) is 118 cm³/mol. The van der Waals surface area contributed by atoms with Gasteiger partial charge in [0.25, 0.3) is 5.91 Å². The number of carbonyl (C=O) groups is 1. The quantitative estimate of drug-likeness (QED) is 0.346. The summed E-state index contributed by atoms with van der Waals surface area (Å²) in [6.45, 7) is 3.94. The van der Waals surface area contributed by atoms with Crippen LogP contribution in [0, 0.1) is 6.92 Å². The number of hydrogen-bond donors (Lipinski definition) is 3. The number of benzene rings is 2. The van der Waals surface area contributed by atoms with Crippen molar-refractivity contribution in [3.63, 3.8) is 0 Å². The van der Waals surface area contributed by atoms with Crippen LogP contribution in [0.4, 0.5) is 5.69 Å². The lowest BCUT2D eigenvalue weighted by Gasteiger charge is -2.28. The second kappa shape index (κ2) is 9.60. The third kappa shape index (κ3) is 6.54. The highest BCUT2D eigenvalue weighted by atomic mass is 35.6. The van der Waals surface area contributed by atoms with Crippen molar-refractivity contribution < 1.29 is 4.79 Å². The molecule has 4 nitrogen and oxygen atoms in total. The highest BCUT2D eigenvalue weighted by Gasteiger charge is 2.35. The first-order valence-corrected chi connectivity index (χ1v) is 9.84. The van der Waals surface area contributed by atoms with Gasteiger partial charge in [-0.15, -0.1) is 0 Å². The maximum absolute atomic E-state index is 12.5. The molecule has 0 saturated heterocycles. The molecule has 1 unspecified atom stereocenters. The van der Waals surface area contributed by atoms with E-state index in [0.29, 0.717) is 5.56 Å². The zero-order valence-electron chi connectivity index (χ0n) is 14.9. The standard InChI is InChI=1S/C19H20Cl3N3OS/c1-3-13-8-4-5-10-15(13)23-18(27)25-17(19(20,21)22)24-16(26)14-9-6-7-12(2)11-14/h4-11,17H,3H2,1-2H3,(H,24,26)(H2,23,25,27). The van der Waals surface area contributed by atoms with Crippen LogP contribution in [0.25, 0.3) is 0 Å². The van der Waals surface area contributed by atoms with Crippen LogP contribution in [0.3, 0.4) is 0 Å². The topological polar surface area (TPSA) is 53.2 Å². The zero-order valence-corrected chi connectivity index (χ0v) is 17.9. The normalized spacial score (nSPS) is 12.2. The molecule has 0 radical (unpaired) electrons. The molecular weight excluding hydrogens is 425 g/mol. The monoisotopic (exact) mass is 443 g/mol. The van der Waals surface area contributed by atoms with Gasteiger partial charge in [0.15, 0.2) is 5.11 Å². The molecule has 0 spiro atoms. The third-order valence-corrected chi connectivity index (χ3v) is 4.68. The molecule has 0 saturated carbocycles. The number of nitrogens with one attached hydrogen (secondary N) is 3. The number of thiocarbonyl (C=S) groups is 1. The van der Waals surface area contributed by atoms with Gasteiger partial charge in [0.2, 0.25) is 3.79 Å². The van der Waals surface area contributed by atoms with Crippen LogP contribution in [0.15, 0.2) is 48.5 Å². The minimum Gasteiger partial charge on any atom is -0.339 e. The summed E-state index contributed by atoms with van der Waals surface area (Å²) in [5, 5.41) is 8.85. The summed E-state index contributed by atoms with van der Waals surface area (Å²) in [4.78, 5) is 12.5. The highest BCUT2D eigenvalue weighted by Crippen LogP contribution is 2.29. The molecule has 1 atom stereocenters. The molecule has 0 aliphatic carbocycles. The SMILES string of the molecule is CCc1ccccc1NC(=S)NC(NC(=O)c1cccc(C)c1)C(Cl)(Cl)Cl. The summed E-state index contributed by atoms with van der Waals surface area (Å²) >= 11 is 23.4. The van der Waals surface area contributed by atoms with Crippen LogP contribution < -0.4 is 16.0 Å². The molecule has 0 aliphatic heterocycles. The number of carbonyl (C=O) groups excluding carboxylic acids is 1. The maximum atomic E-state index is 12.5.